The minimum absolute atomic E-state index is 1.09. The summed E-state index contributed by atoms with van der Waals surface area (Å²) in [7, 11) is 0. The van der Waals surface area contributed by atoms with E-state index in [9.17, 15) is 0 Å². The van der Waals surface area contributed by atoms with Crippen molar-refractivity contribution in [1.29, 1.82) is 0 Å². The van der Waals surface area contributed by atoms with Crippen LogP contribution in [-0.4, -0.2) is 13.1 Å². The lowest BCUT2D eigenvalue weighted by atomic mass is 10.2. The predicted molar refractivity (Wildman–Crippen MR) is 47.0 cm³/mol. The highest BCUT2D eigenvalue weighted by Crippen LogP contribution is 1.96. The number of hydrogen-bond donors (Lipinski definition) is 1. The summed E-state index contributed by atoms with van der Waals surface area (Å²) in [5.41, 5.74) is 0. The van der Waals surface area contributed by atoms with Gasteiger partial charge in [-0.1, -0.05) is 33.1 Å². The Morgan fingerprint density at radius 3 is 2.50 bits per heavy atom. The van der Waals surface area contributed by atoms with E-state index in [2.05, 4.69) is 19.2 Å². The Labute approximate surface area is 65.2 Å². The van der Waals surface area contributed by atoms with E-state index in [1.54, 1.807) is 0 Å². The summed E-state index contributed by atoms with van der Waals surface area (Å²) in [5.74, 6) is 0. The van der Waals surface area contributed by atoms with E-state index in [1.807, 2.05) is 0 Å². The molecular weight excluding hydrogens is 122 g/mol. The van der Waals surface area contributed by atoms with Crippen molar-refractivity contribution >= 4 is 0 Å². The summed E-state index contributed by atoms with van der Waals surface area (Å²) >= 11 is 0. The number of hydrogen-bond acceptors (Lipinski definition) is 1. The molecule has 0 saturated carbocycles. The first-order valence-electron chi connectivity index (χ1n) is 4.41. The predicted octanol–water partition coefficient (Wildman–Crippen LogP) is 2.38. The number of rotatable bonds is 7. The third-order valence-corrected chi connectivity index (χ3v) is 1.53. The zero-order chi connectivity index (χ0) is 7.66. The van der Waals surface area contributed by atoms with E-state index >= 15 is 0 Å². The van der Waals surface area contributed by atoms with Gasteiger partial charge >= 0.3 is 0 Å². The van der Waals surface area contributed by atoms with Gasteiger partial charge in [-0.15, -0.1) is 0 Å². The van der Waals surface area contributed by atoms with Crippen LogP contribution in [0.15, 0.2) is 0 Å². The van der Waals surface area contributed by atoms with Crippen molar-refractivity contribution in [2.24, 2.45) is 0 Å². The third kappa shape index (κ3) is 7.96. The van der Waals surface area contributed by atoms with Gasteiger partial charge in [-0.3, -0.25) is 0 Å². The average molecular weight is 142 g/mol. The minimum atomic E-state index is 1.09. The molecule has 0 unspecified atom stereocenters. The van der Waals surface area contributed by atoms with E-state index in [0.717, 1.165) is 6.42 Å². The topological polar surface area (TPSA) is 12.0 Å². The van der Waals surface area contributed by atoms with Crippen LogP contribution in [-0.2, 0) is 0 Å². The summed E-state index contributed by atoms with van der Waals surface area (Å²) in [5, 5.41) is 3.37. The lowest BCUT2D eigenvalue weighted by molar-refractivity contribution is 0.601. The number of unbranched alkanes of at least 4 members (excludes halogenated alkanes) is 3. The number of nitrogens with one attached hydrogen (secondary N) is 1. The van der Waals surface area contributed by atoms with E-state index in [4.69, 9.17) is 0 Å². The third-order valence-electron chi connectivity index (χ3n) is 1.53. The fourth-order valence-electron chi connectivity index (χ4n) is 0.905. The SMILES string of the molecule is [CH2]CCCCCNCCC. The van der Waals surface area contributed by atoms with Crippen LogP contribution < -0.4 is 5.32 Å². The molecule has 1 N–H and O–H groups in total. The standard InChI is InChI=1S/C9H20N/c1-3-5-6-7-9-10-8-4-2/h10H,1,3-9H2,2H3. The normalized spacial score (nSPS) is 10.2. The molecule has 10 heavy (non-hydrogen) atoms. The lowest BCUT2D eigenvalue weighted by Crippen LogP contribution is -2.15. The Kier molecular flexibility index (Phi) is 8.92. The van der Waals surface area contributed by atoms with Gasteiger partial charge in [-0.05, 0) is 25.9 Å². The molecule has 0 saturated heterocycles. The van der Waals surface area contributed by atoms with Gasteiger partial charge in [0.15, 0.2) is 0 Å². The van der Waals surface area contributed by atoms with Gasteiger partial charge in [0.25, 0.3) is 0 Å². The van der Waals surface area contributed by atoms with Crippen LogP contribution in [0.25, 0.3) is 0 Å². The Balaban J connectivity index is 2.65. The van der Waals surface area contributed by atoms with Gasteiger partial charge < -0.3 is 5.32 Å². The minimum Gasteiger partial charge on any atom is -0.317 e. The quantitative estimate of drug-likeness (QED) is 0.538. The molecule has 0 fully saturated rings. The molecule has 0 aliphatic rings. The molecule has 0 aliphatic carbocycles. The maximum absolute atomic E-state index is 3.80. The molecule has 1 nitrogen and oxygen atoms in total. The molecule has 0 rings (SSSR count). The Hall–Kier alpha value is -0.0400. The van der Waals surface area contributed by atoms with Crippen molar-refractivity contribution < 1.29 is 0 Å². The van der Waals surface area contributed by atoms with E-state index < -0.39 is 0 Å². The van der Waals surface area contributed by atoms with Crippen molar-refractivity contribution in [3.05, 3.63) is 6.92 Å². The fraction of sp³-hybridized carbons (Fsp3) is 0.889. The van der Waals surface area contributed by atoms with E-state index in [-0.39, 0.29) is 0 Å². The highest BCUT2D eigenvalue weighted by atomic mass is 14.8. The molecule has 0 aromatic carbocycles. The van der Waals surface area contributed by atoms with Gasteiger partial charge in [-0.25, -0.2) is 0 Å². The second-order valence-corrected chi connectivity index (χ2v) is 2.66. The molecule has 0 aliphatic heterocycles. The van der Waals surface area contributed by atoms with Crippen LogP contribution in [0.5, 0.6) is 0 Å². The fourth-order valence-corrected chi connectivity index (χ4v) is 0.905. The molecule has 1 radical (unpaired) electrons. The van der Waals surface area contributed by atoms with Crippen molar-refractivity contribution in [2.45, 2.75) is 39.0 Å². The summed E-state index contributed by atoms with van der Waals surface area (Å²) in [4.78, 5) is 0. The molecule has 0 atom stereocenters. The lowest BCUT2D eigenvalue weighted by Gasteiger charge is -2.00. The molecule has 0 amide bonds. The maximum Gasteiger partial charge on any atom is -0.00489 e. The van der Waals surface area contributed by atoms with Gasteiger partial charge in [0.2, 0.25) is 0 Å². The van der Waals surface area contributed by atoms with Gasteiger partial charge in [-0.2, -0.15) is 0 Å². The van der Waals surface area contributed by atoms with Crippen LogP contribution in [0.4, 0.5) is 0 Å². The first-order valence-corrected chi connectivity index (χ1v) is 4.41. The zero-order valence-electron chi connectivity index (χ0n) is 7.16. The first-order chi connectivity index (χ1) is 4.91. The Bertz CT molecular complexity index is 44.7. The van der Waals surface area contributed by atoms with E-state index in [1.165, 1.54) is 38.8 Å². The van der Waals surface area contributed by atoms with Gasteiger partial charge in [0, 0.05) is 0 Å². The highest BCUT2D eigenvalue weighted by Gasteiger charge is 1.85. The monoisotopic (exact) mass is 142 g/mol. The van der Waals surface area contributed by atoms with Crippen LogP contribution in [0.3, 0.4) is 0 Å². The smallest absolute Gasteiger partial charge is 0.00489 e. The van der Waals surface area contributed by atoms with Crippen LogP contribution in [0.1, 0.15) is 39.0 Å². The van der Waals surface area contributed by atoms with Gasteiger partial charge in [0.05, 0.1) is 0 Å². The highest BCUT2D eigenvalue weighted by molar-refractivity contribution is 4.48. The zero-order valence-corrected chi connectivity index (χ0v) is 7.16. The van der Waals surface area contributed by atoms with Crippen molar-refractivity contribution in [3.8, 4) is 0 Å². The van der Waals surface area contributed by atoms with Crippen molar-refractivity contribution in [1.82, 2.24) is 5.32 Å². The van der Waals surface area contributed by atoms with Crippen LogP contribution >= 0.6 is 0 Å². The molecule has 1 heteroatoms. The van der Waals surface area contributed by atoms with Crippen LogP contribution in [0, 0.1) is 6.92 Å². The molecule has 61 valence electrons. The maximum atomic E-state index is 3.80. The van der Waals surface area contributed by atoms with E-state index in [0.29, 0.717) is 0 Å². The Morgan fingerprint density at radius 1 is 1.10 bits per heavy atom. The second kappa shape index (κ2) is 8.96. The van der Waals surface area contributed by atoms with Gasteiger partial charge in [0.1, 0.15) is 0 Å². The molecule has 0 heterocycles. The molecule has 0 bridgehead atoms. The van der Waals surface area contributed by atoms with Crippen molar-refractivity contribution in [3.63, 3.8) is 0 Å². The summed E-state index contributed by atoms with van der Waals surface area (Å²) in [6.45, 7) is 8.36. The van der Waals surface area contributed by atoms with Crippen LogP contribution in [0.2, 0.25) is 0 Å². The molecule has 0 aromatic rings. The molecular formula is C9H20N. The molecule has 0 spiro atoms. The molecule has 0 aromatic heterocycles. The summed E-state index contributed by atoms with van der Waals surface area (Å²) < 4.78 is 0. The summed E-state index contributed by atoms with van der Waals surface area (Å²) in [6.07, 6.45) is 6.27. The first kappa shape index (κ1) is 9.96. The summed E-state index contributed by atoms with van der Waals surface area (Å²) in [6, 6.07) is 0. The van der Waals surface area contributed by atoms with Crippen molar-refractivity contribution in [2.75, 3.05) is 13.1 Å². The average Bonchev–Trinajstić information content (AvgIpc) is 1.97. The largest absolute Gasteiger partial charge is 0.317 e. The second-order valence-electron chi connectivity index (χ2n) is 2.66. The Morgan fingerprint density at radius 2 is 1.90 bits per heavy atom.